The molecule has 0 aliphatic heterocycles. The molecule has 0 saturated carbocycles. The van der Waals surface area contributed by atoms with Crippen molar-refractivity contribution in [2.75, 3.05) is 0 Å². The molecule has 1 rings (SSSR count). The molecule has 64 valence electrons. The molecule has 0 fully saturated rings. The fourth-order valence-corrected chi connectivity index (χ4v) is 1.88. The largest absolute Gasteiger partial charge is 0.328 e. The summed E-state index contributed by atoms with van der Waals surface area (Å²) in [7, 11) is 0. The van der Waals surface area contributed by atoms with Gasteiger partial charge in [-0.15, -0.1) is 0 Å². The lowest BCUT2D eigenvalue weighted by Gasteiger charge is -2.20. The topological polar surface area (TPSA) is 26.0 Å². The summed E-state index contributed by atoms with van der Waals surface area (Å²) in [5, 5.41) is 0. The third-order valence-electron chi connectivity index (χ3n) is 2.59. The monoisotopic (exact) mass is 153 g/mol. The Bertz CT molecular complexity index is 130. The molecule has 0 aromatic carbocycles. The smallest absolute Gasteiger partial charge is 0.00131 e. The van der Waals surface area contributed by atoms with Gasteiger partial charge in [-0.2, -0.15) is 0 Å². The van der Waals surface area contributed by atoms with E-state index in [1.807, 2.05) is 0 Å². The first-order chi connectivity index (χ1) is 5.20. The molecule has 0 bridgehead atoms. The van der Waals surface area contributed by atoms with Crippen LogP contribution >= 0.6 is 0 Å². The van der Waals surface area contributed by atoms with Gasteiger partial charge in [0.05, 0.1) is 0 Å². The van der Waals surface area contributed by atoms with E-state index in [-0.39, 0.29) is 0 Å². The summed E-state index contributed by atoms with van der Waals surface area (Å²) >= 11 is 0. The van der Waals surface area contributed by atoms with Crippen LogP contribution in [-0.4, -0.2) is 6.04 Å². The quantitative estimate of drug-likeness (QED) is 0.619. The lowest BCUT2D eigenvalue weighted by atomic mass is 9.87. The Labute approximate surface area is 69.7 Å². The number of hydrogen-bond acceptors (Lipinski definition) is 1. The Morgan fingerprint density at radius 3 is 2.36 bits per heavy atom. The number of nitrogens with two attached hydrogens (primary N) is 1. The molecule has 2 N–H and O–H groups in total. The molecule has 1 nitrogen and oxygen atoms in total. The number of rotatable bonds is 3. The zero-order chi connectivity index (χ0) is 8.27. The van der Waals surface area contributed by atoms with E-state index in [2.05, 4.69) is 26.0 Å². The number of allylic oxidation sites excluding steroid dienone is 2. The van der Waals surface area contributed by atoms with Crippen LogP contribution in [0.4, 0.5) is 0 Å². The van der Waals surface area contributed by atoms with Gasteiger partial charge in [-0.05, 0) is 38.0 Å². The second-order valence-corrected chi connectivity index (χ2v) is 3.89. The van der Waals surface area contributed by atoms with E-state index in [9.17, 15) is 0 Å². The molecule has 0 heterocycles. The molecule has 1 aliphatic carbocycles. The van der Waals surface area contributed by atoms with Crippen LogP contribution in [0.1, 0.15) is 33.1 Å². The average molecular weight is 153 g/mol. The van der Waals surface area contributed by atoms with Gasteiger partial charge in [0, 0.05) is 6.04 Å². The van der Waals surface area contributed by atoms with Crippen molar-refractivity contribution in [3.8, 4) is 0 Å². The fourth-order valence-electron chi connectivity index (χ4n) is 1.88. The molecule has 0 saturated heterocycles. The molecule has 0 radical (unpaired) electrons. The predicted octanol–water partition coefficient (Wildman–Crippen LogP) is 2.33. The molecule has 0 aromatic rings. The maximum absolute atomic E-state index is 5.74. The van der Waals surface area contributed by atoms with Crippen LogP contribution < -0.4 is 5.73 Å². The Morgan fingerprint density at radius 2 is 1.91 bits per heavy atom. The fraction of sp³-hybridized carbons (Fsp3) is 0.800. The molecule has 11 heavy (non-hydrogen) atoms. The SMILES string of the molecule is CC(N)CC(C)C1CC=CC1. The van der Waals surface area contributed by atoms with Crippen LogP contribution in [0.25, 0.3) is 0 Å². The molecule has 2 unspecified atom stereocenters. The van der Waals surface area contributed by atoms with E-state index >= 15 is 0 Å². The summed E-state index contributed by atoms with van der Waals surface area (Å²) in [5.41, 5.74) is 5.74. The van der Waals surface area contributed by atoms with Gasteiger partial charge in [-0.1, -0.05) is 19.1 Å². The van der Waals surface area contributed by atoms with Crippen LogP contribution in [0.15, 0.2) is 12.2 Å². The third-order valence-corrected chi connectivity index (χ3v) is 2.59. The zero-order valence-corrected chi connectivity index (χ0v) is 7.59. The summed E-state index contributed by atoms with van der Waals surface area (Å²) in [4.78, 5) is 0. The summed E-state index contributed by atoms with van der Waals surface area (Å²) in [6, 6.07) is 0.366. The van der Waals surface area contributed by atoms with Gasteiger partial charge in [0.25, 0.3) is 0 Å². The van der Waals surface area contributed by atoms with Crippen LogP contribution in [-0.2, 0) is 0 Å². The van der Waals surface area contributed by atoms with Crippen molar-refractivity contribution >= 4 is 0 Å². The van der Waals surface area contributed by atoms with E-state index in [0.29, 0.717) is 6.04 Å². The highest BCUT2D eigenvalue weighted by molar-refractivity contribution is 4.95. The average Bonchev–Trinajstić information content (AvgIpc) is 2.35. The van der Waals surface area contributed by atoms with Crippen molar-refractivity contribution in [2.24, 2.45) is 17.6 Å². The van der Waals surface area contributed by atoms with Gasteiger partial charge < -0.3 is 5.73 Å². The van der Waals surface area contributed by atoms with Crippen LogP contribution in [0.3, 0.4) is 0 Å². The minimum absolute atomic E-state index is 0.366. The Kier molecular flexibility index (Phi) is 3.13. The highest BCUT2D eigenvalue weighted by Crippen LogP contribution is 2.28. The molecule has 0 spiro atoms. The zero-order valence-electron chi connectivity index (χ0n) is 7.59. The van der Waals surface area contributed by atoms with Crippen LogP contribution in [0, 0.1) is 11.8 Å². The third kappa shape index (κ3) is 2.66. The predicted molar refractivity (Wildman–Crippen MR) is 49.3 cm³/mol. The second-order valence-electron chi connectivity index (χ2n) is 3.89. The van der Waals surface area contributed by atoms with E-state index in [1.54, 1.807) is 0 Å². The van der Waals surface area contributed by atoms with Gasteiger partial charge in [0.2, 0.25) is 0 Å². The molecule has 0 amide bonds. The summed E-state index contributed by atoms with van der Waals surface area (Å²) in [6.45, 7) is 4.42. The lowest BCUT2D eigenvalue weighted by Crippen LogP contribution is -2.21. The summed E-state index contributed by atoms with van der Waals surface area (Å²) < 4.78 is 0. The maximum atomic E-state index is 5.74. The molecular weight excluding hydrogens is 134 g/mol. The van der Waals surface area contributed by atoms with Crippen LogP contribution in [0.5, 0.6) is 0 Å². The highest BCUT2D eigenvalue weighted by Gasteiger charge is 2.18. The van der Waals surface area contributed by atoms with Crippen molar-refractivity contribution in [1.82, 2.24) is 0 Å². The van der Waals surface area contributed by atoms with Crippen molar-refractivity contribution < 1.29 is 0 Å². The first-order valence-corrected chi connectivity index (χ1v) is 4.60. The highest BCUT2D eigenvalue weighted by atomic mass is 14.6. The summed E-state index contributed by atoms with van der Waals surface area (Å²) in [5.74, 6) is 1.67. The first kappa shape index (κ1) is 8.79. The molecule has 0 aromatic heterocycles. The van der Waals surface area contributed by atoms with Gasteiger partial charge in [0.1, 0.15) is 0 Å². The molecular formula is C10H19N. The minimum atomic E-state index is 0.366. The van der Waals surface area contributed by atoms with E-state index in [0.717, 1.165) is 11.8 Å². The van der Waals surface area contributed by atoms with Crippen molar-refractivity contribution in [3.05, 3.63) is 12.2 Å². The standard InChI is InChI=1S/C10H19N/c1-8(7-9(2)11)10-5-3-4-6-10/h3-4,8-10H,5-7,11H2,1-2H3. The van der Waals surface area contributed by atoms with Gasteiger partial charge in [0.15, 0.2) is 0 Å². The van der Waals surface area contributed by atoms with E-state index < -0.39 is 0 Å². The van der Waals surface area contributed by atoms with E-state index in [1.165, 1.54) is 19.3 Å². The molecule has 1 heteroatoms. The van der Waals surface area contributed by atoms with Crippen molar-refractivity contribution in [1.29, 1.82) is 0 Å². The molecule has 1 aliphatic rings. The van der Waals surface area contributed by atoms with Crippen molar-refractivity contribution in [3.63, 3.8) is 0 Å². The van der Waals surface area contributed by atoms with Gasteiger partial charge >= 0.3 is 0 Å². The Morgan fingerprint density at radius 1 is 1.36 bits per heavy atom. The van der Waals surface area contributed by atoms with Crippen LogP contribution in [0.2, 0.25) is 0 Å². The first-order valence-electron chi connectivity index (χ1n) is 4.60. The minimum Gasteiger partial charge on any atom is -0.328 e. The van der Waals surface area contributed by atoms with Gasteiger partial charge in [-0.3, -0.25) is 0 Å². The Hall–Kier alpha value is -0.300. The van der Waals surface area contributed by atoms with E-state index in [4.69, 9.17) is 5.73 Å². The second kappa shape index (κ2) is 3.91. The lowest BCUT2D eigenvalue weighted by molar-refractivity contribution is 0.337. The Balaban J connectivity index is 2.24. The number of hydrogen-bond donors (Lipinski definition) is 1. The normalized spacial score (nSPS) is 23.9. The summed E-state index contributed by atoms with van der Waals surface area (Å²) in [6.07, 6.45) is 8.30. The molecule has 2 atom stereocenters. The maximum Gasteiger partial charge on any atom is 0.00131 e. The van der Waals surface area contributed by atoms with Crippen molar-refractivity contribution in [2.45, 2.75) is 39.2 Å². The van der Waals surface area contributed by atoms with Gasteiger partial charge in [-0.25, -0.2) is 0 Å².